The van der Waals surface area contributed by atoms with Crippen LogP contribution in [-0.4, -0.2) is 6.54 Å². The summed E-state index contributed by atoms with van der Waals surface area (Å²) in [7, 11) is 0. The molecule has 0 aliphatic rings. The molecule has 8 aromatic carbocycles. The summed E-state index contributed by atoms with van der Waals surface area (Å²) in [4.78, 5) is 2.52. The number of aryl methyl sites for hydroxylation is 1. The minimum atomic E-state index is -0.330. The normalized spacial score (nSPS) is 11.7. The molecule has 0 amide bonds. The summed E-state index contributed by atoms with van der Waals surface area (Å²) in [6.07, 6.45) is 8.41. The van der Waals surface area contributed by atoms with Crippen molar-refractivity contribution in [1.29, 1.82) is 0 Å². The Morgan fingerprint density at radius 3 is 1.67 bits per heavy atom. The lowest BCUT2D eigenvalue weighted by Gasteiger charge is -2.41. The molecule has 0 heterocycles. The second-order valence-electron chi connectivity index (χ2n) is 18.1. The lowest BCUT2D eigenvalue weighted by Crippen LogP contribution is -2.39. The molecule has 0 aromatic heterocycles. The quantitative estimate of drug-likeness (QED) is 0.0381. The number of hydrogen-bond acceptors (Lipinski definition) is 5. The third-order valence-corrected chi connectivity index (χ3v) is 12.9. The van der Waals surface area contributed by atoms with Crippen LogP contribution < -0.4 is 26.0 Å². The number of nitrogens with zero attached hydrogens (tertiary/aromatic N) is 2. The van der Waals surface area contributed by atoms with E-state index < -0.39 is 0 Å². The van der Waals surface area contributed by atoms with Crippen molar-refractivity contribution in [1.82, 2.24) is 5.32 Å². The number of rotatable bonds is 21. The van der Waals surface area contributed by atoms with E-state index in [-0.39, 0.29) is 6.17 Å². The van der Waals surface area contributed by atoms with Crippen molar-refractivity contribution in [3.05, 3.63) is 210 Å². The van der Waals surface area contributed by atoms with Gasteiger partial charge in [0.1, 0.15) is 6.17 Å². The highest BCUT2D eigenvalue weighted by atomic mass is 15.5. The average molecular weight is 870 g/mol. The van der Waals surface area contributed by atoms with Crippen molar-refractivity contribution in [3.63, 3.8) is 0 Å². The largest absolute Gasteiger partial charge is 0.354 e. The molecule has 0 radical (unpaired) electrons. The molecular weight excluding hydrogens is 803 g/mol. The highest BCUT2D eigenvalue weighted by Gasteiger charge is 2.34. The first-order valence-electron chi connectivity index (χ1n) is 24.2. The SMILES string of the molecule is Cc1ccccc1NN(c1ccccc1)c1c(C)c(C)c(Nc2cccc3ccccc23)c(-c2ccccc2)c1C(NCCCCCCCCC(C)C)N(c1ccccc1)c1ccccc1. The fourth-order valence-corrected chi connectivity index (χ4v) is 9.31. The van der Waals surface area contributed by atoms with Gasteiger partial charge in [0.15, 0.2) is 0 Å². The summed E-state index contributed by atoms with van der Waals surface area (Å²) in [5.41, 5.74) is 18.5. The van der Waals surface area contributed by atoms with Crippen LogP contribution >= 0.6 is 0 Å². The molecule has 8 aromatic rings. The predicted molar refractivity (Wildman–Crippen MR) is 285 cm³/mol. The fraction of sp³-hybridized carbons (Fsp3) is 0.246. The minimum Gasteiger partial charge on any atom is -0.354 e. The molecule has 0 bridgehead atoms. The number of hydrazine groups is 1. The van der Waals surface area contributed by atoms with Gasteiger partial charge in [-0.1, -0.05) is 192 Å². The van der Waals surface area contributed by atoms with Gasteiger partial charge >= 0.3 is 0 Å². The second kappa shape index (κ2) is 22.4. The van der Waals surface area contributed by atoms with Gasteiger partial charge < -0.3 is 10.2 Å². The highest BCUT2D eigenvalue weighted by Crippen LogP contribution is 2.51. The van der Waals surface area contributed by atoms with Gasteiger partial charge in [0, 0.05) is 33.6 Å². The Bertz CT molecular complexity index is 2710. The van der Waals surface area contributed by atoms with E-state index in [1.807, 2.05) is 0 Å². The predicted octanol–water partition coefficient (Wildman–Crippen LogP) is 17.2. The molecule has 5 heteroatoms. The Kier molecular flexibility index (Phi) is 15.5. The Labute approximate surface area is 394 Å². The smallest absolute Gasteiger partial charge is 0.113 e. The van der Waals surface area contributed by atoms with Gasteiger partial charge in [-0.05, 0) is 116 Å². The first kappa shape index (κ1) is 45.7. The minimum absolute atomic E-state index is 0.330. The van der Waals surface area contributed by atoms with E-state index in [2.05, 4.69) is 249 Å². The number of benzene rings is 8. The fourth-order valence-electron chi connectivity index (χ4n) is 9.31. The molecule has 0 fully saturated rings. The van der Waals surface area contributed by atoms with E-state index >= 15 is 0 Å². The summed E-state index contributed by atoms with van der Waals surface area (Å²) in [5.74, 6) is 0.770. The van der Waals surface area contributed by atoms with Crippen molar-refractivity contribution in [2.75, 3.05) is 27.2 Å². The van der Waals surface area contributed by atoms with Gasteiger partial charge in [0.25, 0.3) is 0 Å². The third kappa shape index (κ3) is 10.8. The van der Waals surface area contributed by atoms with Crippen LogP contribution in [0.15, 0.2) is 188 Å². The van der Waals surface area contributed by atoms with Crippen molar-refractivity contribution >= 4 is 50.6 Å². The Hall–Kier alpha value is -6.82. The maximum atomic E-state index is 4.29. The topological polar surface area (TPSA) is 42.6 Å². The second-order valence-corrected chi connectivity index (χ2v) is 18.1. The van der Waals surface area contributed by atoms with Crippen LogP contribution in [0.3, 0.4) is 0 Å². The maximum Gasteiger partial charge on any atom is 0.113 e. The zero-order valence-corrected chi connectivity index (χ0v) is 39.6. The van der Waals surface area contributed by atoms with Crippen LogP contribution in [0.1, 0.15) is 87.2 Å². The van der Waals surface area contributed by atoms with Gasteiger partial charge in [0.2, 0.25) is 0 Å². The molecule has 0 aliphatic heterocycles. The highest BCUT2D eigenvalue weighted by molar-refractivity contribution is 6.00. The summed E-state index contributed by atoms with van der Waals surface area (Å²) in [6.45, 7) is 12.3. The summed E-state index contributed by atoms with van der Waals surface area (Å²) in [6, 6.07) is 67.5. The molecular formula is C61H67N5. The molecule has 0 saturated heterocycles. The Morgan fingerprint density at radius 2 is 1.02 bits per heavy atom. The Balaban J connectivity index is 1.41. The molecule has 336 valence electrons. The average Bonchev–Trinajstić information content (AvgIpc) is 3.35. The molecule has 0 spiro atoms. The summed E-state index contributed by atoms with van der Waals surface area (Å²) in [5, 5.41) is 13.1. The summed E-state index contributed by atoms with van der Waals surface area (Å²) >= 11 is 0. The maximum absolute atomic E-state index is 4.29. The number of hydrogen-bond donors (Lipinski definition) is 3. The lowest BCUT2D eigenvalue weighted by atomic mass is 9.87. The van der Waals surface area contributed by atoms with Crippen LogP contribution in [-0.2, 0) is 0 Å². The first-order valence-corrected chi connectivity index (χ1v) is 24.2. The third-order valence-electron chi connectivity index (χ3n) is 12.9. The van der Waals surface area contributed by atoms with Crippen LogP contribution in [0.4, 0.5) is 39.8 Å². The van der Waals surface area contributed by atoms with Gasteiger partial charge in [-0.25, -0.2) is 0 Å². The van der Waals surface area contributed by atoms with E-state index in [4.69, 9.17) is 0 Å². The number of fused-ring (bicyclic) bond motifs is 1. The molecule has 8 rings (SSSR count). The van der Waals surface area contributed by atoms with Gasteiger partial charge in [0.05, 0.1) is 22.7 Å². The van der Waals surface area contributed by atoms with E-state index in [9.17, 15) is 0 Å². The van der Waals surface area contributed by atoms with Crippen molar-refractivity contribution < 1.29 is 0 Å². The first-order chi connectivity index (χ1) is 32.4. The molecule has 66 heavy (non-hydrogen) atoms. The van der Waals surface area contributed by atoms with Crippen LogP contribution in [0, 0.1) is 26.7 Å². The number of para-hydroxylation sites is 4. The number of anilines is 7. The van der Waals surface area contributed by atoms with Gasteiger partial charge in [-0.15, -0.1) is 0 Å². The van der Waals surface area contributed by atoms with E-state index in [1.165, 1.54) is 71.6 Å². The zero-order chi connectivity index (χ0) is 45.7. The van der Waals surface area contributed by atoms with Gasteiger partial charge in [-0.2, -0.15) is 0 Å². The van der Waals surface area contributed by atoms with Gasteiger partial charge in [-0.3, -0.25) is 15.8 Å². The molecule has 3 N–H and O–H groups in total. The Morgan fingerprint density at radius 1 is 0.485 bits per heavy atom. The van der Waals surface area contributed by atoms with E-state index in [0.717, 1.165) is 69.8 Å². The molecule has 0 aliphatic carbocycles. The molecule has 1 unspecified atom stereocenters. The molecule has 1 atom stereocenters. The zero-order valence-electron chi connectivity index (χ0n) is 39.6. The van der Waals surface area contributed by atoms with Crippen molar-refractivity contribution in [2.24, 2.45) is 5.92 Å². The van der Waals surface area contributed by atoms with E-state index in [0.29, 0.717) is 0 Å². The van der Waals surface area contributed by atoms with E-state index in [1.54, 1.807) is 0 Å². The monoisotopic (exact) mass is 870 g/mol. The summed E-state index contributed by atoms with van der Waals surface area (Å²) < 4.78 is 0. The van der Waals surface area contributed by atoms with Crippen molar-refractivity contribution in [3.8, 4) is 11.1 Å². The number of nitrogens with one attached hydrogen (secondary N) is 3. The van der Waals surface area contributed by atoms with Crippen LogP contribution in [0.25, 0.3) is 21.9 Å². The molecule has 5 nitrogen and oxygen atoms in total. The van der Waals surface area contributed by atoms with Crippen LogP contribution in [0.5, 0.6) is 0 Å². The lowest BCUT2D eigenvalue weighted by molar-refractivity contribution is 0.491. The van der Waals surface area contributed by atoms with Crippen LogP contribution in [0.2, 0.25) is 0 Å². The van der Waals surface area contributed by atoms with Crippen molar-refractivity contribution in [2.45, 2.75) is 85.7 Å². The molecule has 0 saturated carbocycles. The standard InChI is InChI=1S/C61H67N5/c1-45(2)29-14-8-6-7-9-27-44-62-61(65(51-35-17-11-18-36-51)52-37-19-12-20-38-52)58-57(50-32-15-10-16-33-50)59(63-56-43-28-34-49-31-24-25-41-54(49)56)47(4)48(5)60(58)66(53-39-21-13-22-40-53)64-55-42-26-23-30-46(55)3/h10-13,15-26,28,30-43,45,61-64H,6-9,14,27,29,44H2,1-5H3. The number of unbranched alkanes of at least 4 members (excludes halogenated alkanes) is 5.